The normalized spacial score (nSPS) is 12.1. The van der Waals surface area contributed by atoms with Gasteiger partial charge in [-0.2, -0.15) is 0 Å². The molecule has 184 valence electrons. The van der Waals surface area contributed by atoms with Crippen LogP contribution in [0.25, 0.3) is 11.1 Å². The predicted octanol–water partition coefficient (Wildman–Crippen LogP) is 6.72. The molecule has 0 aliphatic heterocycles. The minimum atomic E-state index is -4.86. The number of rotatable bonds is 7. The highest BCUT2D eigenvalue weighted by Gasteiger charge is 2.32. The van der Waals surface area contributed by atoms with Crippen molar-refractivity contribution in [3.63, 3.8) is 0 Å². The standard InChI is InChI=1S/C25H22ClF3N2O4/c1-14-11-18(12-20(26)22(14)19-5-3-4-6-21(19)35-25(27,28)29)31-24(34)30-13-16-7-9-17(10-8-16)15(2)23(32)33/h3-12,15H,13H2,1-2H3,(H,32,33)(H2,30,31,34). The number of nitrogens with one attached hydrogen (secondary N) is 2. The first kappa shape index (κ1) is 25.9. The summed E-state index contributed by atoms with van der Waals surface area (Å²) in [6.45, 7) is 3.44. The fourth-order valence-electron chi connectivity index (χ4n) is 3.47. The average molecular weight is 507 g/mol. The van der Waals surface area contributed by atoms with Crippen molar-refractivity contribution in [1.82, 2.24) is 5.32 Å². The lowest BCUT2D eigenvalue weighted by atomic mass is 9.99. The molecule has 35 heavy (non-hydrogen) atoms. The Hall–Kier alpha value is -3.72. The molecule has 1 atom stereocenters. The van der Waals surface area contributed by atoms with Crippen LogP contribution in [0.3, 0.4) is 0 Å². The fourth-order valence-corrected chi connectivity index (χ4v) is 3.84. The molecule has 0 saturated carbocycles. The number of aryl methyl sites for hydroxylation is 1. The van der Waals surface area contributed by atoms with E-state index in [4.69, 9.17) is 16.7 Å². The second-order valence-corrected chi connectivity index (χ2v) is 8.21. The van der Waals surface area contributed by atoms with Crippen molar-refractivity contribution in [2.24, 2.45) is 0 Å². The van der Waals surface area contributed by atoms with Gasteiger partial charge in [-0.15, -0.1) is 13.2 Å². The van der Waals surface area contributed by atoms with Crippen LogP contribution in [0.2, 0.25) is 5.02 Å². The van der Waals surface area contributed by atoms with Crippen molar-refractivity contribution in [1.29, 1.82) is 0 Å². The molecule has 0 heterocycles. The van der Waals surface area contributed by atoms with Crippen molar-refractivity contribution in [3.8, 4) is 16.9 Å². The first-order chi connectivity index (χ1) is 16.4. The number of halogens is 4. The molecule has 10 heteroatoms. The number of carboxylic acid groups (broad SMARTS) is 1. The number of amides is 2. The number of carboxylic acids is 1. The molecular formula is C25H22ClF3N2O4. The molecule has 0 bridgehead atoms. The van der Waals surface area contributed by atoms with Gasteiger partial charge in [-0.05, 0) is 48.7 Å². The monoisotopic (exact) mass is 506 g/mol. The van der Waals surface area contributed by atoms with Gasteiger partial charge in [-0.25, -0.2) is 4.79 Å². The van der Waals surface area contributed by atoms with Gasteiger partial charge in [0, 0.05) is 23.4 Å². The molecular weight excluding hydrogens is 485 g/mol. The largest absolute Gasteiger partial charge is 0.573 e. The predicted molar refractivity (Wildman–Crippen MR) is 127 cm³/mol. The number of carbonyl (C=O) groups is 2. The topological polar surface area (TPSA) is 87.7 Å². The van der Waals surface area contributed by atoms with Crippen LogP contribution >= 0.6 is 11.6 Å². The SMILES string of the molecule is Cc1cc(NC(=O)NCc2ccc(C(C)C(=O)O)cc2)cc(Cl)c1-c1ccccc1OC(F)(F)F. The average Bonchev–Trinajstić information content (AvgIpc) is 2.77. The van der Waals surface area contributed by atoms with Gasteiger partial charge in [0.25, 0.3) is 0 Å². The molecule has 6 nitrogen and oxygen atoms in total. The van der Waals surface area contributed by atoms with Crippen molar-refractivity contribution < 1.29 is 32.6 Å². The summed E-state index contributed by atoms with van der Waals surface area (Å²) in [4.78, 5) is 23.4. The number of carbonyl (C=O) groups excluding carboxylic acids is 1. The number of aliphatic carboxylic acids is 1. The Balaban J connectivity index is 1.70. The van der Waals surface area contributed by atoms with Gasteiger partial charge in [0.05, 0.1) is 10.9 Å². The molecule has 0 radical (unpaired) electrons. The van der Waals surface area contributed by atoms with Crippen LogP contribution in [0, 0.1) is 6.92 Å². The zero-order chi connectivity index (χ0) is 25.8. The van der Waals surface area contributed by atoms with Gasteiger partial charge in [0.1, 0.15) is 5.75 Å². The molecule has 1 unspecified atom stereocenters. The Morgan fingerprint density at radius 3 is 2.34 bits per heavy atom. The highest BCUT2D eigenvalue weighted by molar-refractivity contribution is 6.34. The van der Waals surface area contributed by atoms with E-state index in [9.17, 15) is 22.8 Å². The molecule has 3 aromatic rings. The van der Waals surface area contributed by atoms with Crippen LogP contribution in [-0.2, 0) is 11.3 Å². The smallest absolute Gasteiger partial charge is 0.481 e. The summed E-state index contributed by atoms with van der Waals surface area (Å²) in [6, 6.07) is 15.0. The molecule has 3 N–H and O–H groups in total. The third-order valence-corrected chi connectivity index (χ3v) is 5.53. The molecule has 0 fully saturated rings. The highest BCUT2D eigenvalue weighted by Crippen LogP contribution is 2.40. The fraction of sp³-hybridized carbons (Fsp3) is 0.200. The van der Waals surface area contributed by atoms with E-state index in [2.05, 4.69) is 15.4 Å². The Kier molecular flexibility index (Phi) is 7.91. The first-order valence-corrected chi connectivity index (χ1v) is 10.8. The van der Waals surface area contributed by atoms with Gasteiger partial charge in [-0.1, -0.05) is 54.1 Å². The lowest BCUT2D eigenvalue weighted by Gasteiger charge is -2.17. The number of urea groups is 1. The van der Waals surface area contributed by atoms with E-state index >= 15 is 0 Å². The maximum atomic E-state index is 12.8. The molecule has 3 rings (SSSR count). The van der Waals surface area contributed by atoms with Gasteiger partial charge in [0.15, 0.2) is 0 Å². The molecule has 0 aliphatic carbocycles. The van der Waals surface area contributed by atoms with E-state index in [0.29, 0.717) is 22.4 Å². The number of ether oxygens (including phenoxy) is 1. The summed E-state index contributed by atoms with van der Waals surface area (Å²) >= 11 is 6.38. The van der Waals surface area contributed by atoms with E-state index in [1.807, 2.05) is 0 Å². The lowest BCUT2D eigenvalue weighted by Crippen LogP contribution is -2.28. The Morgan fingerprint density at radius 2 is 1.74 bits per heavy atom. The number of hydrogen-bond donors (Lipinski definition) is 3. The van der Waals surface area contributed by atoms with Crippen LogP contribution in [0.15, 0.2) is 60.7 Å². The summed E-state index contributed by atoms with van der Waals surface area (Å²) in [5, 5.41) is 14.5. The number of anilines is 1. The summed E-state index contributed by atoms with van der Waals surface area (Å²) in [6.07, 6.45) is -4.86. The van der Waals surface area contributed by atoms with E-state index in [1.54, 1.807) is 50.2 Å². The van der Waals surface area contributed by atoms with Crippen molar-refractivity contribution >= 4 is 29.3 Å². The van der Waals surface area contributed by atoms with Gasteiger partial charge >= 0.3 is 18.4 Å². The number of para-hydroxylation sites is 1. The molecule has 0 saturated heterocycles. The van der Waals surface area contributed by atoms with Gasteiger partial charge in [-0.3, -0.25) is 4.79 Å². The molecule has 0 spiro atoms. The van der Waals surface area contributed by atoms with Crippen LogP contribution < -0.4 is 15.4 Å². The second kappa shape index (κ2) is 10.7. The molecule has 0 aromatic heterocycles. The Bertz CT molecular complexity index is 1210. The summed E-state index contributed by atoms with van der Waals surface area (Å²) in [5.41, 5.74) is 2.84. The summed E-state index contributed by atoms with van der Waals surface area (Å²) < 4.78 is 42.5. The van der Waals surface area contributed by atoms with Crippen molar-refractivity contribution in [2.75, 3.05) is 5.32 Å². The first-order valence-electron chi connectivity index (χ1n) is 10.5. The molecule has 2 amide bonds. The lowest BCUT2D eigenvalue weighted by molar-refractivity contribution is -0.274. The van der Waals surface area contributed by atoms with Crippen molar-refractivity contribution in [2.45, 2.75) is 32.7 Å². The zero-order valence-corrected chi connectivity index (χ0v) is 19.5. The number of benzene rings is 3. The summed E-state index contributed by atoms with van der Waals surface area (Å²) in [5.74, 6) is -1.94. The van der Waals surface area contributed by atoms with E-state index in [-0.39, 0.29) is 22.9 Å². The quantitative estimate of drug-likeness (QED) is 0.332. The van der Waals surface area contributed by atoms with Crippen LogP contribution in [0.4, 0.5) is 23.7 Å². The Morgan fingerprint density at radius 1 is 1.09 bits per heavy atom. The highest BCUT2D eigenvalue weighted by atomic mass is 35.5. The molecule has 3 aromatic carbocycles. The minimum absolute atomic E-state index is 0.140. The van der Waals surface area contributed by atoms with Gasteiger partial charge in [0.2, 0.25) is 0 Å². The zero-order valence-electron chi connectivity index (χ0n) is 18.7. The second-order valence-electron chi connectivity index (χ2n) is 7.80. The summed E-state index contributed by atoms with van der Waals surface area (Å²) in [7, 11) is 0. The van der Waals surface area contributed by atoms with Gasteiger partial charge < -0.3 is 20.5 Å². The van der Waals surface area contributed by atoms with Crippen molar-refractivity contribution in [3.05, 3.63) is 82.4 Å². The third kappa shape index (κ3) is 6.89. The van der Waals surface area contributed by atoms with Crippen LogP contribution in [0.5, 0.6) is 5.75 Å². The van der Waals surface area contributed by atoms with Crippen LogP contribution in [-0.4, -0.2) is 23.5 Å². The van der Waals surface area contributed by atoms with Crippen LogP contribution in [0.1, 0.15) is 29.5 Å². The Labute approximate surface area is 204 Å². The molecule has 0 aliphatic rings. The number of hydrogen-bond acceptors (Lipinski definition) is 3. The maximum Gasteiger partial charge on any atom is 0.573 e. The maximum absolute atomic E-state index is 12.8. The van der Waals surface area contributed by atoms with E-state index in [0.717, 1.165) is 5.56 Å². The van der Waals surface area contributed by atoms with E-state index < -0.39 is 24.3 Å². The number of alkyl halides is 3. The third-order valence-electron chi connectivity index (χ3n) is 5.23. The van der Waals surface area contributed by atoms with E-state index in [1.165, 1.54) is 24.3 Å². The minimum Gasteiger partial charge on any atom is -0.481 e.